The summed E-state index contributed by atoms with van der Waals surface area (Å²) < 4.78 is 6.21. The van der Waals surface area contributed by atoms with Crippen molar-refractivity contribution in [1.29, 1.82) is 0 Å². The van der Waals surface area contributed by atoms with Gasteiger partial charge in [0.05, 0.1) is 6.20 Å². The van der Waals surface area contributed by atoms with Crippen LogP contribution in [-0.4, -0.2) is 40.6 Å². The molecule has 1 atom stereocenters. The Labute approximate surface area is 207 Å². The molecule has 2 N–H and O–H groups in total. The molecule has 0 radical (unpaired) electrons. The second-order valence-corrected chi connectivity index (χ2v) is 9.70. The molecule has 0 saturated carbocycles. The van der Waals surface area contributed by atoms with E-state index in [1.54, 1.807) is 6.20 Å². The summed E-state index contributed by atoms with van der Waals surface area (Å²) in [5.41, 5.74) is 4.24. The van der Waals surface area contributed by atoms with Crippen LogP contribution >= 0.6 is 11.6 Å². The van der Waals surface area contributed by atoms with Crippen LogP contribution in [0.3, 0.4) is 0 Å². The molecule has 1 unspecified atom stereocenters. The van der Waals surface area contributed by atoms with Crippen molar-refractivity contribution < 1.29 is 4.74 Å². The molecular formula is C27H34ClN5O. The van der Waals surface area contributed by atoms with Crippen LogP contribution in [0.2, 0.25) is 5.02 Å². The topological polar surface area (TPSA) is 62.3 Å². The summed E-state index contributed by atoms with van der Waals surface area (Å²) in [6.07, 6.45) is 3.92. The van der Waals surface area contributed by atoms with Gasteiger partial charge in [-0.25, -0.2) is 4.98 Å². The zero-order valence-corrected chi connectivity index (χ0v) is 21.2. The number of nitrogens with one attached hydrogen (secondary N) is 2. The monoisotopic (exact) mass is 479 g/mol. The van der Waals surface area contributed by atoms with Crippen LogP contribution in [0.4, 0.5) is 23.1 Å². The van der Waals surface area contributed by atoms with Gasteiger partial charge in [0.25, 0.3) is 0 Å². The molecule has 0 bridgehead atoms. The standard InChI is InChI=1S/C27H34ClN5O/c1-5-33-13-12-22(17-33)34-21-10-11-24(19(4)15-21)31-27-29-16-23(28)26(32-27)30-25-9-7-6-8-20(25)14-18(2)3/h6-11,15-16,18,22H,5,12-14,17H2,1-4H3,(H2,29,30,31,32). The van der Waals surface area contributed by atoms with E-state index in [0.717, 1.165) is 55.2 Å². The van der Waals surface area contributed by atoms with E-state index < -0.39 is 0 Å². The lowest BCUT2D eigenvalue weighted by Gasteiger charge is -2.17. The summed E-state index contributed by atoms with van der Waals surface area (Å²) >= 11 is 6.43. The van der Waals surface area contributed by atoms with Crippen LogP contribution in [0, 0.1) is 12.8 Å². The molecule has 7 heteroatoms. The summed E-state index contributed by atoms with van der Waals surface area (Å²) in [6.45, 7) is 11.8. The van der Waals surface area contributed by atoms with Crippen LogP contribution in [-0.2, 0) is 6.42 Å². The van der Waals surface area contributed by atoms with Crippen molar-refractivity contribution in [2.75, 3.05) is 30.3 Å². The van der Waals surface area contributed by atoms with Crippen LogP contribution < -0.4 is 15.4 Å². The lowest BCUT2D eigenvalue weighted by Crippen LogP contribution is -2.24. The fourth-order valence-electron chi connectivity index (χ4n) is 4.25. The third-order valence-electron chi connectivity index (χ3n) is 6.07. The Morgan fingerprint density at radius 1 is 1.15 bits per heavy atom. The molecule has 180 valence electrons. The molecule has 2 aromatic carbocycles. The van der Waals surface area contributed by atoms with E-state index in [9.17, 15) is 0 Å². The molecule has 1 aliphatic heterocycles. The zero-order valence-electron chi connectivity index (χ0n) is 20.4. The average Bonchev–Trinajstić information content (AvgIpc) is 3.26. The van der Waals surface area contributed by atoms with Crippen LogP contribution in [0.15, 0.2) is 48.7 Å². The van der Waals surface area contributed by atoms with E-state index in [1.165, 1.54) is 5.56 Å². The molecular weight excluding hydrogens is 446 g/mol. The van der Waals surface area contributed by atoms with Gasteiger partial charge in [-0.2, -0.15) is 4.98 Å². The van der Waals surface area contributed by atoms with Gasteiger partial charge in [-0.05, 0) is 67.6 Å². The molecule has 1 aromatic heterocycles. The molecule has 3 aromatic rings. The first kappa shape index (κ1) is 24.3. The third-order valence-corrected chi connectivity index (χ3v) is 6.34. The molecule has 1 aliphatic rings. The smallest absolute Gasteiger partial charge is 0.229 e. The van der Waals surface area contributed by atoms with E-state index in [1.807, 2.05) is 18.2 Å². The minimum Gasteiger partial charge on any atom is -0.489 e. The Balaban J connectivity index is 1.46. The van der Waals surface area contributed by atoms with Crippen molar-refractivity contribution in [3.63, 3.8) is 0 Å². The first-order chi connectivity index (χ1) is 16.4. The normalized spacial score (nSPS) is 16.1. The van der Waals surface area contributed by atoms with Gasteiger partial charge in [0.1, 0.15) is 16.9 Å². The summed E-state index contributed by atoms with van der Waals surface area (Å²) in [6, 6.07) is 14.3. The zero-order chi connectivity index (χ0) is 24.1. The largest absolute Gasteiger partial charge is 0.489 e. The molecule has 1 saturated heterocycles. The van der Waals surface area contributed by atoms with E-state index in [0.29, 0.717) is 22.7 Å². The number of hydrogen-bond donors (Lipinski definition) is 2. The molecule has 0 amide bonds. The summed E-state index contributed by atoms with van der Waals surface area (Å²) in [5, 5.41) is 7.20. The van der Waals surface area contributed by atoms with Crippen molar-refractivity contribution in [3.8, 4) is 5.75 Å². The maximum atomic E-state index is 6.43. The highest BCUT2D eigenvalue weighted by atomic mass is 35.5. The Morgan fingerprint density at radius 2 is 1.97 bits per heavy atom. The first-order valence-corrected chi connectivity index (χ1v) is 12.4. The number of para-hydroxylation sites is 1. The highest BCUT2D eigenvalue weighted by Gasteiger charge is 2.22. The van der Waals surface area contributed by atoms with Crippen molar-refractivity contribution in [2.24, 2.45) is 5.92 Å². The fourth-order valence-corrected chi connectivity index (χ4v) is 4.38. The van der Waals surface area contributed by atoms with E-state index in [4.69, 9.17) is 16.3 Å². The molecule has 4 rings (SSSR count). The summed E-state index contributed by atoms with van der Waals surface area (Å²) in [4.78, 5) is 11.4. The maximum absolute atomic E-state index is 6.43. The number of likely N-dealkylation sites (N-methyl/N-ethyl adjacent to an activating group) is 1. The second-order valence-electron chi connectivity index (χ2n) is 9.29. The highest BCUT2D eigenvalue weighted by molar-refractivity contribution is 6.32. The van der Waals surface area contributed by atoms with Gasteiger partial charge < -0.3 is 15.4 Å². The number of nitrogens with zero attached hydrogens (tertiary/aromatic N) is 3. The predicted molar refractivity (Wildman–Crippen MR) is 141 cm³/mol. The fraction of sp³-hybridized carbons (Fsp3) is 0.407. The van der Waals surface area contributed by atoms with Gasteiger partial charge in [-0.15, -0.1) is 0 Å². The van der Waals surface area contributed by atoms with Crippen molar-refractivity contribution in [2.45, 2.75) is 46.6 Å². The van der Waals surface area contributed by atoms with Crippen LogP contribution in [0.1, 0.15) is 38.3 Å². The van der Waals surface area contributed by atoms with Crippen LogP contribution in [0.25, 0.3) is 0 Å². The van der Waals surface area contributed by atoms with E-state index in [-0.39, 0.29) is 6.10 Å². The second kappa shape index (κ2) is 11.1. The lowest BCUT2D eigenvalue weighted by molar-refractivity contribution is 0.202. The molecule has 6 nitrogen and oxygen atoms in total. The van der Waals surface area contributed by atoms with Gasteiger partial charge >= 0.3 is 0 Å². The molecule has 0 spiro atoms. The quantitative estimate of drug-likeness (QED) is 0.360. The molecule has 34 heavy (non-hydrogen) atoms. The number of rotatable bonds is 9. The SMILES string of the molecule is CCN1CCC(Oc2ccc(Nc3ncc(Cl)c(Nc4ccccc4CC(C)C)n3)c(C)c2)C1. The minimum atomic E-state index is 0.255. The Bertz CT molecular complexity index is 1120. The molecule has 0 aliphatic carbocycles. The third kappa shape index (κ3) is 6.19. The van der Waals surface area contributed by atoms with Gasteiger partial charge in [0, 0.05) is 24.5 Å². The Hall–Kier alpha value is -2.83. The van der Waals surface area contributed by atoms with Gasteiger partial charge in [-0.3, -0.25) is 4.90 Å². The summed E-state index contributed by atoms with van der Waals surface area (Å²) in [5.74, 6) is 2.51. The number of halogens is 1. The van der Waals surface area contributed by atoms with Crippen molar-refractivity contribution in [1.82, 2.24) is 14.9 Å². The highest BCUT2D eigenvalue weighted by Crippen LogP contribution is 2.29. The first-order valence-electron chi connectivity index (χ1n) is 12.1. The lowest BCUT2D eigenvalue weighted by atomic mass is 10.0. The number of aromatic nitrogens is 2. The molecule has 2 heterocycles. The van der Waals surface area contributed by atoms with Gasteiger partial charge in [-0.1, -0.05) is 50.6 Å². The maximum Gasteiger partial charge on any atom is 0.229 e. The number of hydrogen-bond acceptors (Lipinski definition) is 6. The number of ether oxygens (including phenoxy) is 1. The van der Waals surface area contributed by atoms with Crippen molar-refractivity contribution >= 4 is 34.7 Å². The Kier molecular flexibility index (Phi) is 7.91. The van der Waals surface area contributed by atoms with E-state index in [2.05, 4.69) is 77.5 Å². The average molecular weight is 480 g/mol. The summed E-state index contributed by atoms with van der Waals surface area (Å²) in [7, 11) is 0. The van der Waals surface area contributed by atoms with Crippen molar-refractivity contribution in [3.05, 3.63) is 64.8 Å². The van der Waals surface area contributed by atoms with E-state index >= 15 is 0 Å². The predicted octanol–water partition coefficient (Wildman–Crippen LogP) is 6.60. The molecule has 1 fully saturated rings. The van der Waals surface area contributed by atoms with Crippen LogP contribution in [0.5, 0.6) is 5.75 Å². The number of likely N-dealkylation sites (tertiary alicyclic amines) is 1. The van der Waals surface area contributed by atoms with Gasteiger partial charge in [0.15, 0.2) is 5.82 Å². The number of benzene rings is 2. The number of aryl methyl sites for hydroxylation is 1. The van der Waals surface area contributed by atoms with Gasteiger partial charge in [0.2, 0.25) is 5.95 Å². The Morgan fingerprint density at radius 3 is 2.71 bits per heavy atom. The number of anilines is 4. The minimum absolute atomic E-state index is 0.255.